The number of hydrogen-bond acceptors (Lipinski definition) is 8. The van der Waals surface area contributed by atoms with E-state index in [0.29, 0.717) is 54.7 Å². The van der Waals surface area contributed by atoms with Gasteiger partial charge in [0, 0.05) is 48.6 Å². The first kappa shape index (κ1) is 30.2. The highest BCUT2D eigenvalue weighted by Crippen LogP contribution is 2.34. The van der Waals surface area contributed by atoms with Crippen LogP contribution in [-0.2, 0) is 16.0 Å². The number of rotatable bonds is 9. The number of para-hydroxylation sites is 1. The molecule has 0 unspecified atom stereocenters. The van der Waals surface area contributed by atoms with Crippen molar-refractivity contribution < 1.29 is 18.7 Å². The molecule has 0 aliphatic carbocycles. The molecule has 2 aromatic heterocycles. The van der Waals surface area contributed by atoms with Gasteiger partial charge in [-0.25, -0.2) is 14.4 Å². The lowest BCUT2D eigenvalue weighted by Gasteiger charge is -2.43. The van der Waals surface area contributed by atoms with Crippen LogP contribution in [0.1, 0.15) is 32.5 Å². The number of aromatic nitrogens is 3. The average Bonchev–Trinajstić information content (AvgIpc) is 3.61. The van der Waals surface area contributed by atoms with Crippen LogP contribution >= 0.6 is 0 Å². The molecular weight excluding hydrogens is 573 g/mol. The Morgan fingerprint density at radius 3 is 2.71 bits per heavy atom. The molecule has 10 nitrogen and oxygen atoms in total. The second-order valence-electron chi connectivity index (χ2n) is 12.1. The van der Waals surface area contributed by atoms with Gasteiger partial charge in [0.25, 0.3) is 5.91 Å². The van der Waals surface area contributed by atoms with Crippen molar-refractivity contribution in [2.45, 2.75) is 50.7 Å². The first-order chi connectivity index (χ1) is 21.7. The molecule has 0 bridgehead atoms. The van der Waals surface area contributed by atoms with Crippen LogP contribution in [0.25, 0.3) is 16.8 Å². The quantitative estimate of drug-likeness (QED) is 0.208. The van der Waals surface area contributed by atoms with Crippen LogP contribution < -0.4 is 10.5 Å². The average molecular weight is 610 g/mol. The van der Waals surface area contributed by atoms with Gasteiger partial charge in [-0.2, -0.15) is 5.26 Å². The summed E-state index contributed by atoms with van der Waals surface area (Å²) in [5.74, 6) is 0.979. The first-order valence-corrected chi connectivity index (χ1v) is 15.0. The largest absolute Gasteiger partial charge is 0.457 e. The fourth-order valence-corrected chi connectivity index (χ4v) is 6.03. The summed E-state index contributed by atoms with van der Waals surface area (Å²) in [6, 6.07) is 16.0. The number of hydrogen-bond donors (Lipinski definition) is 1. The molecule has 2 saturated heterocycles. The third-order valence-electron chi connectivity index (χ3n) is 8.81. The molecule has 0 saturated carbocycles. The zero-order valence-electron chi connectivity index (χ0n) is 25.6. The Balaban J connectivity index is 1.28. The number of carbonyl (C=O) groups excluding carboxylic acids is 1. The fraction of sp³-hybridized carbons (Fsp3) is 0.353. The maximum atomic E-state index is 15.6. The van der Waals surface area contributed by atoms with Crippen molar-refractivity contribution in [1.82, 2.24) is 24.2 Å². The Morgan fingerprint density at radius 1 is 1.24 bits per heavy atom. The summed E-state index contributed by atoms with van der Waals surface area (Å²) in [6.45, 7) is 5.79. The zero-order chi connectivity index (χ0) is 31.7. The monoisotopic (exact) mass is 609 g/mol. The second-order valence-corrected chi connectivity index (χ2v) is 12.1. The van der Waals surface area contributed by atoms with Gasteiger partial charge in [0.15, 0.2) is 0 Å². The molecule has 2 N–H and O–H groups in total. The highest BCUT2D eigenvalue weighted by atomic mass is 19.1. The molecule has 1 amide bonds. The van der Waals surface area contributed by atoms with E-state index >= 15 is 4.39 Å². The Hall–Kier alpha value is -4.79. The smallest absolute Gasteiger partial charge is 0.264 e. The van der Waals surface area contributed by atoms with Gasteiger partial charge < -0.3 is 20.1 Å². The topological polar surface area (TPSA) is 122 Å². The highest BCUT2D eigenvalue weighted by molar-refractivity contribution is 5.97. The summed E-state index contributed by atoms with van der Waals surface area (Å²) in [7, 11) is 1.98. The number of nitrogens with two attached hydrogens (primary N) is 1. The molecule has 2 fully saturated rings. The van der Waals surface area contributed by atoms with Crippen molar-refractivity contribution in [2.24, 2.45) is 0 Å². The minimum atomic E-state index is -0.519. The Labute approximate surface area is 261 Å². The second kappa shape index (κ2) is 12.3. The number of carbonyl (C=O) groups is 1. The van der Waals surface area contributed by atoms with Crippen molar-refractivity contribution in [3.63, 3.8) is 0 Å². The van der Waals surface area contributed by atoms with E-state index in [1.807, 2.05) is 43.5 Å². The molecule has 11 heteroatoms. The zero-order valence-corrected chi connectivity index (χ0v) is 25.6. The third kappa shape index (κ3) is 5.99. The van der Waals surface area contributed by atoms with Crippen LogP contribution in [0.3, 0.4) is 0 Å². The number of likely N-dealkylation sites (tertiary alicyclic amines) is 1. The SMILES string of the molecule is CN(C1COC1)C(C)(C)/C=C(/C#N)C(=O)N1CCC[C@H]1Cc1nc(-c2ccc(Oc3ccccc3)cc2F)c2c(N)nccn12. The van der Waals surface area contributed by atoms with E-state index in [4.69, 9.17) is 20.2 Å². The van der Waals surface area contributed by atoms with Crippen LogP contribution in [0.15, 0.2) is 72.6 Å². The van der Waals surface area contributed by atoms with E-state index in [1.165, 1.54) is 6.07 Å². The number of ether oxygens (including phenoxy) is 2. The standard InChI is InChI=1S/C34H36FN7O3/c1-34(2,40(3)24-20-44-21-24)18-22(19-36)33(43)41-14-7-8-23(41)16-29-39-30(31-32(37)38-13-15-42(29)31)27-12-11-26(17-28(27)35)45-25-9-5-4-6-10-25/h4-6,9-13,15,17-18,23-24H,7-8,14,16,20-21H2,1-3H3,(H2,37,38)/b22-18-/t23-/m0/s1. The summed E-state index contributed by atoms with van der Waals surface area (Å²) in [4.78, 5) is 26.8. The van der Waals surface area contributed by atoms with E-state index in [2.05, 4.69) is 16.0 Å². The van der Waals surface area contributed by atoms with Gasteiger partial charge >= 0.3 is 0 Å². The number of anilines is 1. The van der Waals surface area contributed by atoms with Crippen LogP contribution in [0.4, 0.5) is 10.2 Å². The Kier molecular flexibility index (Phi) is 8.27. The number of nitriles is 1. The minimum absolute atomic E-state index is 0.112. The van der Waals surface area contributed by atoms with Gasteiger partial charge in [-0.05, 0) is 64.1 Å². The summed E-state index contributed by atoms with van der Waals surface area (Å²) in [5.41, 5.74) is 7.01. The summed E-state index contributed by atoms with van der Waals surface area (Å²) >= 11 is 0. The van der Waals surface area contributed by atoms with Crippen molar-refractivity contribution in [2.75, 3.05) is 32.5 Å². The van der Waals surface area contributed by atoms with Crippen LogP contribution in [0.5, 0.6) is 11.5 Å². The van der Waals surface area contributed by atoms with Gasteiger partial charge in [0.05, 0.1) is 19.3 Å². The van der Waals surface area contributed by atoms with Gasteiger partial charge in [0.1, 0.15) is 51.8 Å². The van der Waals surface area contributed by atoms with E-state index in [9.17, 15) is 10.1 Å². The Morgan fingerprint density at radius 2 is 2.02 bits per heavy atom. The fourth-order valence-electron chi connectivity index (χ4n) is 6.03. The maximum absolute atomic E-state index is 15.6. The molecule has 4 heterocycles. The summed E-state index contributed by atoms with van der Waals surface area (Å²) in [6.07, 6.45) is 7.02. The molecule has 0 spiro atoms. The van der Waals surface area contributed by atoms with Crippen LogP contribution in [0.2, 0.25) is 0 Å². The molecular formula is C34H36FN7O3. The number of benzene rings is 2. The molecule has 0 radical (unpaired) electrons. The molecule has 45 heavy (non-hydrogen) atoms. The lowest BCUT2D eigenvalue weighted by Crippen LogP contribution is -2.55. The van der Waals surface area contributed by atoms with Crippen molar-refractivity contribution >= 4 is 17.2 Å². The van der Waals surface area contributed by atoms with Crippen molar-refractivity contribution in [3.8, 4) is 28.8 Å². The predicted molar refractivity (Wildman–Crippen MR) is 168 cm³/mol. The van der Waals surface area contributed by atoms with E-state index in [0.717, 1.165) is 12.8 Å². The summed E-state index contributed by atoms with van der Waals surface area (Å²) in [5, 5.41) is 10.0. The lowest BCUT2D eigenvalue weighted by molar-refractivity contribution is -0.127. The number of nitrogens with zero attached hydrogens (tertiary/aromatic N) is 6. The van der Waals surface area contributed by atoms with Gasteiger partial charge in [-0.3, -0.25) is 14.1 Å². The molecule has 6 rings (SSSR count). The molecule has 4 aromatic rings. The van der Waals surface area contributed by atoms with E-state index in [-0.39, 0.29) is 34.9 Å². The molecule has 232 valence electrons. The number of likely N-dealkylation sites (N-methyl/N-ethyl adjacent to an activating group) is 1. The van der Waals surface area contributed by atoms with Crippen molar-refractivity contribution in [1.29, 1.82) is 5.26 Å². The van der Waals surface area contributed by atoms with Crippen molar-refractivity contribution in [3.05, 3.63) is 84.2 Å². The lowest BCUT2D eigenvalue weighted by atomic mass is 9.96. The van der Waals surface area contributed by atoms with Crippen LogP contribution in [0, 0.1) is 17.1 Å². The molecule has 2 aliphatic rings. The molecule has 2 aliphatic heterocycles. The normalized spacial score (nSPS) is 17.5. The van der Waals surface area contributed by atoms with Gasteiger partial charge in [0.2, 0.25) is 0 Å². The molecule has 1 atom stereocenters. The minimum Gasteiger partial charge on any atom is -0.457 e. The summed E-state index contributed by atoms with van der Waals surface area (Å²) < 4.78 is 28.5. The van der Waals surface area contributed by atoms with Gasteiger partial charge in [-0.15, -0.1) is 0 Å². The van der Waals surface area contributed by atoms with E-state index < -0.39 is 11.4 Å². The number of fused-ring (bicyclic) bond motifs is 1. The predicted octanol–water partition coefficient (Wildman–Crippen LogP) is 5.00. The third-order valence-corrected chi connectivity index (χ3v) is 8.81. The number of imidazole rings is 1. The van der Waals surface area contributed by atoms with Crippen LogP contribution in [-0.4, -0.2) is 74.5 Å². The number of amides is 1. The van der Waals surface area contributed by atoms with E-state index in [1.54, 1.807) is 47.6 Å². The first-order valence-electron chi connectivity index (χ1n) is 15.0. The maximum Gasteiger partial charge on any atom is 0.264 e. The number of nitrogen functional groups attached to an aromatic ring is 1. The number of halogens is 1. The molecule has 2 aromatic carbocycles. The van der Waals surface area contributed by atoms with Gasteiger partial charge in [-0.1, -0.05) is 18.2 Å². The highest BCUT2D eigenvalue weighted by Gasteiger charge is 2.36. The Bertz CT molecular complexity index is 1790.